The molecule has 3 aliphatic heterocycles. The molecule has 5 heterocycles. The number of benzene rings is 1. The first-order chi connectivity index (χ1) is 14.3. The van der Waals surface area contributed by atoms with Gasteiger partial charge in [-0.25, -0.2) is 9.50 Å². The quantitative estimate of drug-likeness (QED) is 0.614. The molecular weight excluding hydrogens is 380 g/mol. The minimum atomic E-state index is -0.518. The van der Waals surface area contributed by atoms with Crippen molar-refractivity contribution in [3.8, 4) is 0 Å². The highest BCUT2D eigenvalue weighted by molar-refractivity contribution is 6.06. The molecule has 3 aromatic rings. The van der Waals surface area contributed by atoms with Gasteiger partial charge in [-0.1, -0.05) is 6.07 Å². The predicted octanol–water partition coefficient (Wildman–Crippen LogP) is 2.04. The van der Waals surface area contributed by atoms with E-state index in [1.807, 2.05) is 38.2 Å². The molecule has 2 saturated heterocycles. The lowest BCUT2D eigenvalue weighted by atomic mass is 9.86. The van der Waals surface area contributed by atoms with Crippen LogP contribution in [0.3, 0.4) is 0 Å². The monoisotopic (exact) mass is 404 g/mol. The number of hydrogen-bond donors (Lipinski definition) is 3. The number of anilines is 4. The van der Waals surface area contributed by atoms with E-state index in [1.54, 1.807) is 10.7 Å². The van der Waals surface area contributed by atoms with Gasteiger partial charge in [0.1, 0.15) is 0 Å². The Hall–Kier alpha value is -3.20. The largest absolute Gasteiger partial charge is 0.345 e. The molecule has 6 rings (SSSR count). The van der Waals surface area contributed by atoms with Gasteiger partial charge in [-0.2, -0.15) is 4.98 Å². The van der Waals surface area contributed by atoms with Crippen molar-refractivity contribution in [2.75, 3.05) is 28.6 Å². The van der Waals surface area contributed by atoms with Crippen LogP contribution in [0, 0.1) is 0 Å². The van der Waals surface area contributed by atoms with Gasteiger partial charge in [0.05, 0.1) is 11.0 Å². The summed E-state index contributed by atoms with van der Waals surface area (Å²) in [6.07, 6.45) is 4.71. The SMILES string of the molecule is CC1(C)C(=O)Nc2cc(Nc3nc4c(N5C[C@@H]6CC5(C)CN6)nccn4n3)ccc21. The van der Waals surface area contributed by atoms with Gasteiger partial charge in [0.15, 0.2) is 11.5 Å². The Labute approximate surface area is 173 Å². The molecule has 30 heavy (non-hydrogen) atoms. The molecule has 1 amide bonds. The summed E-state index contributed by atoms with van der Waals surface area (Å²) in [6.45, 7) is 8.02. The van der Waals surface area contributed by atoms with Gasteiger partial charge in [0.2, 0.25) is 11.9 Å². The third-order valence-corrected chi connectivity index (χ3v) is 6.77. The molecule has 1 unspecified atom stereocenters. The molecule has 0 aliphatic carbocycles. The van der Waals surface area contributed by atoms with Crippen LogP contribution >= 0.6 is 0 Å². The Morgan fingerprint density at radius 3 is 2.90 bits per heavy atom. The van der Waals surface area contributed by atoms with E-state index in [2.05, 4.69) is 37.9 Å². The van der Waals surface area contributed by atoms with Crippen molar-refractivity contribution in [1.29, 1.82) is 0 Å². The molecular formula is C21H24N8O. The summed E-state index contributed by atoms with van der Waals surface area (Å²) in [5, 5.41) is 14.4. The Morgan fingerprint density at radius 1 is 1.27 bits per heavy atom. The second-order valence-corrected chi connectivity index (χ2v) is 9.31. The minimum Gasteiger partial charge on any atom is -0.345 e. The zero-order valence-corrected chi connectivity index (χ0v) is 17.2. The molecule has 0 spiro atoms. The van der Waals surface area contributed by atoms with Crippen molar-refractivity contribution >= 4 is 34.7 Å². The number of carbonyl (C=O) groups is 1. The van der Waals surface area contributed by atoms with E-state index in [9.17, 15) is 4.79 Å². The molecule has 154 valence electrons. The first kappa shape index (κ1) is 17.6. The van der Waals surface area contributed by atoms with E-state index in [1.165, 1.54) is 0 Å². The van der Waals surface area contributed by atoms with Crippen LogP contribution < -0.4 is 20.9 Å². The average molecular weight is 404 g/mol. The van der Waals surface area contributed by atoms with Crippen LogP contribution in [0.15, 0.2) is 30.6 Å². The van der Waals surface area contributed by atoms with Crippen molar-refractivity contribution in [1.82, 2.24) is 24.9 Å². The van der Waals surface area contributed by atoms with Crippen LogP contribution in [0.2, 0.25) is 0 Å². The Balaban J connectivity index is 1.33. The number of carbonyl (C=O) groups excluding carboxylic acids is 1. The minimum absolute atomic E-state index is 0.0131. The third-order valence-electron chi connectivity index (χ3n) is 6.77. The highest BCUT2D eigenvalue weighted by Gasteiger charge is 2.48. The van der Waals surface area contributed by atoms with Gasteiger partial charge in [0.25, 0.3) is 0 Å². The first-order valence-corrected chi connectivity index (χ1v) is 10.3. The summed E-state index contributed by atoms with van der Waals surface area (Å²) >= 11 is 0. The first-order valence-electron chi connectivity index (χ1n) is 10.3. The normalized spacial score (nSPS) is 26.3. The molecule has 9 nitrogen and oxygen atoms in total. The molecule has 2 atom stereocenters. The van der Waals surface area contributed by atoms with Crippen LogP contribution in [0.25, 0.3) is 5.65 Å². The fourth-order valence-corrected chi connectivity index (χ4v) is 5.01. The second kappa shape index (κ2) is 5.69. The van der Waals surface area contributed by atoms with E-state index < -0.39 is 5.41 Å². The maximum atomic E-state index is 12.2. The van der Waals surface area contributed by atoms with Crippen molar-refractivity contribution in [3.63, 3.8) is 0 Å². The van der Waals surface area contributed by atoms with Gasteiger partial charge >= 0.3 is 0 Å². The number of nitrogens with zero attached hydrogens (tertiary/aromatic N) is 5. The second-order valence-electron chi connectivity index (χ2n) is 9.31. The fraction of sp³-hybridized carbons (Fsp3) is 0.429. The number of aromatic nitrogens is 4. The zero-order valence-electron chi connectivity index (χ0n) is 17.2. The van der Waals surface area contributed by atoms with Gasteiger partial charge in [-0.15, -0.1) is 5.10 Å². The number of rotatable bonds is 3. The van der Waals surface area contributed by atoms with E-state index in [0.717, 1.165) is 47.9 Å². The molecule has 2 bridgehead atoms. The Kier molecular flexibility index (Phi) is 3.35. The van der Waals surface area contributed by atoms with Crippen molar-refractivity contribution in [2.45, 2.75) is 44.2 Å². The van der Waals surface area contributed by atoms with Gasteiger partial charge in [0, 0.05) is 42.9 Å². The highest BCUT2D eigenvalue weighted by Crippen LogP contribution is 2.40. The number of piperazine rings is 1. The smallest absolute Gasteiger partial charge is 0.247 e. The zero-order chi connectivity index (χ0) is 20.7. The summed E-state index contributed by atoms with van der Waals surface area (Å²) < 4.78 is 1.77. The van der Waals surface area contributed by atoms with E-state index in [-0.39, 0.29) is 11.4 Å². The van der Waals surface area contributed by atoms with Crippen molar-refractivity contribution in [3.05, 3.63) is 36.2 Å². The van der Waals surface area contributed by atoms with E-state index >= 15 is 0 Å². The summed E-state index contributed by atoms with van der Waals surface area (Å²) in [5.41, 5.74) is 2.94. The molecule has 2 fully saturated rings. The maximum absolute atomic E-state index is 12.2. The van der Waals surface area contributed by atoms with Crippen LogP contribution in [0.5, 0.6) is 0 Å². The molecule has 0 saturated carbocycles. The lowest BCUT2D eigenvalue weighted by Gasteiger charge is -2.36. The number of fused-ring (bicyclic) bond motifs is 4. The lowest BCUT2D eigenvalue weighted by Crippen LogP contribution is -2.51. The average Bonchev–Trinajstić information content (AvgIpc) is 3.42. The lowest BCUT2D eigenvalue weighted by molar-refractivity contribution is -0.119. The molecule has 0 radical (unpaired) electrons. The van der Waals surface area contributed by atoms with Gasteiger partial charge in [-0.05, 0) is 44.9 Å². The third kappa shape index (κ3) is 2.38. The van der Waals surface area contributed by atoms with Crippen molar-refractivity contribution in [2.24, 2.45) is 0 Å². The molecule has 3 N–H and O–H groups in total. The van der Waals surface area contributed by atoms with Crippen LogP contribution in [-0.2, 0) is 10.2 Å². The van der Waals surface area contributed by atoms with Gasteiger partial charge in [-0.3, -0.25) is 4.79 Å². The van der Waals surface area contributed by atoms with Crippen molar-refractivity contribution < 1.29 is 4.79 Å². The summed E-state index contributed by atoms with van der Waals surface area (Å²) in [5.74, 6) is 1.38. The van der Waals surface area contributed by atoms with E-state index in [0.29, 0.717) is 12.0 Å². The number of hydrogen-bond acceptors (Lipinski definition) is 7. The summed E-state index contributed by atoms with van der Waals surface area (Å²) in [6, 6.07) is 6.37. The highest BCUT2D eigenvalue weighted by atomic mass is 16.2. The molecule has 2 aromatic heterocycles. The Morgan fingerprint density at radius 2 is 2.13 bits per heavy atom. The standard InChI is InChI=1S/C21H24N8O/c1-20(2)14-5-4-12(8-15(14)25-18(20)30)24-19-26-17-16(22-6-7-29(17)27-19)28-10-13-9-21(28,3)11-23-13/h4-8,13,23H,9-11H2,1-3H3,(H,24,27)(H,25,30)/t13-,21?/m0/s1. The van der Waals surface area contributed by atoms with E-state index in [4.69, 9.17) is 4.98 Å². The summed E-state index contributed by atoms with van der Waals surface area (Å²) in [7, 11) is 0. The molecule has 9 heteroatoms. The molecule has 1 aromatic carbocycles. The predicted molar refractivity (Wildman–Crippen MR) is 114 cm³/mol. The van der Waals surface area contributed by atoms with Gasteiger partial charge < -0.3 is 20.9 Å². The fourth-order valence-electron chi connectivity index (χ4n) is 5.01. The van der Waals surface area contributed by atoms with Crippen LogP contribution in [-0.4, -0.2) is 50.2 Å². The Bertz CT molecular complexity index is 1200. The maximum Gasteiger partial charge on any atom is 0.247 e. The topological polar surface area (TPSA) is 99.5 Å². The molecule has 3 aliphatic rings. The number of amides is 1. The number of nitrogens with one attached hydrogen (secondary N) is 3. The van der Waals surface area contributed by atoms with Crippen LogP contribution in [0.1, 0.15) is 32.8 Å². The van der Waals surface area contributed by atoms with Crippen LogP contribution in [0.4, 0.5) is 23.1 Å². The summed E-state index contributed by atoms with van der Waals surface area (Å²) in [4.78, 5) is 23.9.